The molecule has 2 heterocycles. The molecule has 1 N–H and O–H groups in total. The van der Waals surface area contributed by atoms with E-state index in [1.165, 1.54) is 6.20 Å². The van der Waals surface area contributed by atoms with Gasteiger partial charge in [0.25, 0.3) is 0 Å². The minimum absolute atomic E-state index is 0.211. The average Bonchev–Trinajstić information content (AvgIpc) is 2.88. The third kappa shape index (κ3) is 2.39. The summed E-state index contributed by atoms with van der Waals surface area (Å²) in [6.45, 7) is 0. The summed E-state index contributed by atoms with van der Waals surface area (Å²) in [6, 6.07) is 9.49. The van der Waals surface area contributed by atoms with Crippen LogP contribution >= 0.6 is 23.4 Å². The molecule has 0 saturated carbocycles. The molecule has 1 aromatic carbocycles. The smallest absolute Gasteiger partial charge is 0.337 e. The fraction of sp³-hybridized carbons (Fsp3) is 0.0667. The zero-order valence-corrected chi connectivity index (χ0v) is 12.6. The first-order chi connectivity index (χ1) is 10.1. The van der Waals surface area contributed by atoms with Crippen molar-refractivity contribution < 1.29 is 9.90 Å². The lowest BCUT2D eigenvalue weighted by molar-refractivity contribution is 0.0699. The van der Waals surface area contributed by atoms with Crippen LogP contribution in [0.3, 0.4) is 0 Å². The molecule has 0 aliphatic heterocycles. The summed E-state index contributed by atoms with van der Waals surface area (Å²) < 4.78 is 1.76. The fourth-order valence-corrected chi connectivity index (χ4v) is 2.91. The van der Waals surface area contributed by atoms with Gasteiger partial charge in [-0.1, -0.05) is 11.6 Å². The van der Waals surface area contributed by atoms with Crippen molar-refractivity contribution >= 4 is 40.2 Å². The monoisotopic (exact) mass is 318 g/mol. The number of carboxylic acids is 1. The molecule has 106 valence electrons. The number of nitrogens with zero attached hydrogens (tertiary/aromatic N) is 2. The molecule has 0 spiro atoms. The molecule has 0 bridgehead atoms. The summed E-state index contributed by atoms with van der Waals surface area (Å²) in [7, 11) is 0. The number of pyridine rings is 1. The molecular formula is C15H11ClN2O2S. The Bertz CT molecular complexity index is 828. The van der Waals surface area contributed by atoms with E-state index in [9.17, 15) is 9.90 Å². The molecule has 0 aliphatic rings. The van der Waals surface area contributed by atoms with Crippen molar-refractivity contribution in [1.29, 1.82) is 0 Å². The summed E-state index contributed by atoms with van der Waals surface area (Å²) in [6.07, 6.45) is 5.09. The van der Waals surface area contributed by atoms with E-state index < -0.39 is 5.97 Å². The highest BCUT2D eigenvalue weighted by molar-refractivity contribution is 7.98. The van der Waals surface area contributed by atoms with Crippen LogP contribution in [0, 0.1) is 0 Å². The van der Waals surface area contributed by atoms with Crippen molar-refractivity contribution in [1.82, 2.24) is 9.55 Å². The molecule has 0 saturated heterocycles. The van der Waals surface area contributed by atoms with Crippen LogP contribution in [0.25, 0.3) is 16.6 Å². The molecule has 0 radical (unpaired) electrons. The number of aromatic nitrogens is 2. The summed E-state index contributed by atoms with van der Waals surface area (Å²) in [5.41, 5.74) is 1.66. The highest BCUT2D eigenvalue weighted by Crippen LogP contribution is 2.29. The Morgan fingerprint density at radius 3 is 2.62 bits per heavy atom. The number of hydrogen-bond acceptors (Lipinski definition) is 3. The lowest BCUT2D eigenvalue weighted by Crippen LogP contribution is -1.95. The highest BCUT2D eigenvalue weighted by atomic mass is 35.5. The van der Waals surface area contributed by atoms with Crippen LogP contribution in [-0.2, 0) is 0 Å². The number of rotatable bonds is 3. The van der Waals surface area contributed by atoms with E-state index in [-0.39, 0.29) is 10.7 Å². The Hall–Kier alpha value is -1.98. The van der Waals surface area contributed by atoms with Crippen LogP contribution < -0.4 is 0 Å². The van der Waals surface area contributed by atoms with E-state index >= 15 is 0 Å². The van der Waals surface area contributed by atoms with Crippen molar-refractivity contribution in [3.63, 3.8) is 0 Å². The largest absolute Gasteiger partial charge is 0.478 e. The second-order valence-corrected chi connectivity index (χ2v) is 5.65. The van der Waals surface area contributed by atoms with Crippen molar-refractivity contribution in [2.75, 3.05) is 6.26 Å². The normalized spacial score (nSPS) is 11.0. The van der Waals surface area contributed by atoms with Gasteiger partial charge in [0.2, 0.25) is 0 Å². The van der Waals surface area contributed by atoms with Gasteiger partial charge in [-0.3, -0.25) is 0 Å². The van der Waals surface area contributed by atoms with E-state index in [4.69, 9.17) is 11.6 Å². The first-order valence-electron chi connectivity index (χ1n) is 6.15. The van der Waals surface area contributed by atoms with E-state index in [0.717, 1.165) is 10.6 Å². The molecule has 0 fully saturated rings. The number of carbonyl (C=O) groups is 1. The molecule has 2 aromatic heterocycles. The second kappa shape index (κ2) is 5.42. The molecule has 0 aliphatic carbocycles. The predicted molar refractivity (Wildman–Crippen MR) is 84.8 cm³/mol. The zero-order valence-electron chi connectivity index (χ0n) is 11.1. The Labute approximate surface area is 130 Å². The van der Waals surface area contributed by atoms with E-state index in [0.29, 0.717) is 10.9 Å². The fourth-order valence-electron chi connectivity index (χ4n) is 2.26. The van der Waals surface area contributed by atoms with Crippen molar-refractivity contribution in [2.24, 2.45) is 0 Å². The van der Waals surface area contributed by atoms with Crippen molar-refractivity contribution in [3.8, 4) is 5.69 Å². The van der Waals surface area contributed by atoms with Crippen molar-refractivity contribution in [2.45, 2.75) is 4.90 Å². The molecule has 0 atom stereocenters. The number of carboxylic acid groups (broad SMARTS) is 1. The van der Waals surface area contributed by atoms with Gasteiger partial charge in [0.15, 0.2) is 5.15 Å². The minimum atomic E-state index is -0.984. The number of benzene rings is 1. The molecule has 3 rings (SSSR count). The van der Waals surface area contributed by atoms with Gasteiger partial charge in [0, 0.05) is 28.4 Å². The Morgan fingerprint density at radius 1 is 1.29 bits per heavy atom. The summed E-state index contributed by atoms with van der Waals surface area (Å²) in [5, 5.41) is 10.2. The molecule has 0 unspecified atom stereocenters. The van der Waals surface area contributed by atoms with Gasteiger partial charge in [0.05, 0.1) is 11.1 Å². The van der Waals surface area contributed by atoms with Gasteiger partial charge in [-0.15, -0.1) is 11.8 Å². The number of hydrogen-bond donors (Lipinski definition) is 1. The first-order valence-corrected chi connectivity index (χ1v) is 7.75. The Kier molecular flexibility index (Phi) is 3.61. The number of fused-ring (bicyclic) bond motifs is 1. The minimum Gasteiger partial charge on any atom is -0.478 e. The average molecular weight is 319 g/mol. The van der Waals surface area contributed by atoms with Gasteiger partial charge in [0.1, 0.15) is 0 Å². The van der Waals surface area contributed by atoms with Crippen LogP contribution in [0.15, 0.2) is 47.6 Å². The maximum Gasteiger partial charge on any atom is 0.337 e. The summed E-state index contributed by atoms with van der Waals surface area (Å²) in [4.78, 5) is 16.6. The van der Waals surface area contributed by atoms with Crippen LogP contribution in [0.1, 0.15) is 10.4 Å². The SMILES string of the molecule is CSc1ccc(-n2cc(C(=O)O)c3ccnc(Cl)c32)cc1. The van der Waals surface area contributed by atoms with Crippen LogP contribution in [0.2, 0.25) is 5.15 Å². The molecule has 3 aromatic rings. The highest BCUT2D eigenvalue weighted by Gasteiger charge is 2.17. The number of aromatic carboxylic acids is 1. The van der Waals surface area contributed by atoms with E-state index in [2.05, 4.69) is 4.98 Å². The van der Waals surface area contributed by atoms with Gasteiger partial charge in [-0.05, 0) is 36.6 Å². The van der Waals surface area contributed by atoms with E-state index in [1.54, 1.807) is 28.6 Å². The van der Waals surface area contributed by atoms with Crippen LogP contribution in [-0.4, -0.2) is 26.9 Å². The van der Waals surface area contributed by atoms with Crippen LogP contribution in [0.5, 0.6) is 0 Å². The maximum absolute atomic E-state index is 11.4. The van der Waals surface area contributed by atoms with Gasteiger partial charge >= 0.3 is 5.97 Å². The quantitative estimate of drug-likeness (QED) is 0.583. The summed E-state index contributed by atoms with van der Waals surface area (Å²) in [5.74, 6) is -0.984. The lowest BCUT2D eigenvalue weighted by Gasteiger charge is -2.06. The first kappa shape index (κ1) is 14.0. The van der Waals surface area contributed by atoms with Gasteiger partial charge < -0.3 is 9.67 Å². The number of thioether (sulfide) groups is 1. The second-order valence-electron chi connectivity index (χ2n) is 4.41. The molecule has 21 heavy (non-hydrogen) atoms. The predicted octanol–water partition coefficient (Wildman–Crippen LogP) is 4.10. The van der Waals surface area contributed by atoms with Crippen LogP contribution in [0.4, 0.5) is 0 Å². The lowest BCUT2D eigenvalue weighted by atomic mass is 10.2. The summed E-state index contributed by atoms with van der Waals surface area (Å²) >= 11 is 7.81. The van der Waals surface area contributed by atoms with E-state index in [1.807, 2.05) is 30.5 Å². The third-order valence-corrected chi connectivity index (χ3v) is 4.27. The van der Waals surface area contributed by atoms with Crippen molar-refractivity contribution in [3.05, 3.63) is 53.4 Å². The third-order valence-electron chi connectivity index (χ3n) is 3.25. The molecule has 0 amide bonds. The maximum atomic E-state index is 11.4. The Balaban J connectivity index is 2.28. The van der Waals surface area contributed by atoms with Gasteiger partial charge in [-0.25, -0.2) is 9.78 Å². The number of halogens is 1. The molecule has 4 nitrogen and oxygen atoms in total. The van der Waals surface area contributed by atoms with Gasteiger partial charge in [-0.2, -0.15) is 0 Å². The zero-order chi connectivity index (χ0) is 15.0. The standard InChI is InChI=1S/C15H11ClN2O2S/c1-21-10-4-2-9(3-5-10)18-8-12(15(19)20)11-6-7-17-14(16)13(11)18/h2-8H,1H3,(H,19,20). The molecular weight excluding hydrogens is 308 g/mol. The Morgan fingerprint density at radius 2 is 2.00 bits per heavy atom. The topological polar surface area (TPSA) is 55.1 Å². The molecule has 6 heteroatoms.